The first-order chi connectivity index (χ1) is 8.93. The molecule has 1 atom stereocenters. The maximum atomic E-state index is 10.7. The highest BCUT2D eigenvalue weighted by molar-refractivity contribution is 5.72. The summed E-state index contributed by atoms with van der Waals surface area (Å²) in [7, 11) is 3.59. The fourth-order valence-corrected chi connectivity index (χ4v) is 1.88. The Kier molecular flexibility index (Phi) is 5.79. The van der Waals surface area contributed by atoms with Gasteiger partial charge in [-0.2, -0.15) is 0 Å². The number of hydrogen-bond acceptors (Lipinski definition) is 4. The summed E-state index contributed by atoms with van der Waals surface area (Å²) in [5.41, 5.74) is 7.75. The van der Waals surface area contributed by atoms with Gasteiger partial charge in [-0.3, -0.25) is 4.79 Å². The summed E-state index contributed by atoms with van der Waals surface area (Å²) in [4.78, 5) is 12.7. The first-order valence-corrected chi connectivity index (χ1v) is 6.24. The number of carboxylic acid groups (broad SMARTS) is 1. The largest absolute Gasteiger partial charge is 0.496 e. The van der Waals surface area contributed by atoms with Crippen molar-refractivity contribution in [2.24, 2.45) is 5.73 Å². The van der Waals surface area contributed by atoms with Gasteiger partial charge in [0, 0.05) is 18.7 Å². The van der Waals surface area contributed by atoms with Crippen molar-refractivity contribution in [2.75, 3.05) is 20.7 Å². The van der Waals surface area contributed by atoms with Gasteiger partial charge < -0.3 is 20.5 Å². The van der Waals surface area contributed by atoms with E-state index in [1.54, 1.807) is 7.11 Å². The zero-order valence-electron chi connectivity index (χ0n) is 11.7. The highest BCUT2D eigenvalue weighted by atomic mass is 16.5. The molecule has 0 bridgehead atoms. The summed E-state index contributed by atoms with van der Waals surface area (Å²) in [6.07, 6.45) is 0.431. The van der Waals surface area contributed by atoms with Gasteiger partial charge in [-0.25, -0.2) is 0 Å². The van der Waals surface area contributed by atoms with E-state index < -0.39 is 12.0 Å². The summed E-state index contributed by atoms with van der Waals surface area (Å²) < 4.78 is 5.32. The average Bonchev–Trinajstić information content (AvgIpc) is 2.36. The number of carbonyl (C=O) groups is 1. The van der Waals surface area contributed by atoms with Crippen molar-refractivity contribution in [1.29, 1.82) is 0 Å². The molecule has 0 aromatic heterocycles. The lowest BCUT2D eigenvalue weighted by atomic mass is 10.1. The van der Waals surface area contributed by atoms with Crippen molar-refractivity contribution in [3.8, 4) is 5.75 Å². The Morgan fingerprint density at radius 1 is 1.53 bits per heavy atom. The number of ether oxygens (including phenoxy) is 1. The minimum atomic E-state index is -0.957. The molecule has 1 aromatic carbocycles. The lowest BCUT2D eigenvalue weighted by Gasteiger charge is -2.19. The number of aryl methyl sites for hydroxylation is 1. The molecule has 5 nitrogen and oxygen atoms in total. The van der Waals surface area contributed by atoms with E-state index in [1.807, 2.05) is 31.0 Å². The molecule has 1 rings (SSSR count). The molecule has 1 unspecified atom stereocenters. The minimum absolute atomic E-state index is 0.431. The Morgan fingerprint density at radius 2 is 2.21 bits per heavy atom. The van der Waals surface area contributed by atoms with Crippen LogP contribution in [-0.4, -0.2) is 42.7 Å². The van der Waals surface area contributed by atoms with Crippen LogP contribution in [0.25, 0.3) is 0 Å². The van der Waals surface area contributed by atoms with E-state index in [0.29, 0.717) is 19.5 Å². The number of methoxy groups -OCH3 is 1. The molecule has 0 heterocycles. The lowest BCUT2D eigenvalue weighted by molar-refractivity contribution is -0.138. The van der Waals surface area contributed by atoms with Gasteiger partial charge in [-0.1, -0.05) is 17.7 Å². The first-order valence-electron chi connectivity index (χ1n) is 6.24. The standard InChI is InChI=1S/C14H22N2O3/c1-10-4-5-13(19-3)11(8-10)9-16(2)7-6-12(15)14(17)18/h4-5,8,12H,6-7,9,15H2,1-3H3,(H,17,18). The molecule has 0 amide bonds. The molecule has 0 spiro atoms. The van der Waals surface area contributed by atoms with Crippen LogP contribution >= 0.6 is 0 Å². The van der Waals surface area contributed by atoms with Crippen LogP contribution in [0.15, 0.2) is 18.2 Å². The van der Waals surface area contributed by atoms with Crippen molar-refractivity contribution in [3.05, 3.63) is 29.3 Å². The summed E-state index contributed by atoms with van der Waals surface area (Å²) in [5.74, 6) is -0.110. The second-order valence-electron chi connectivity index (χ2n) is 4.79. The normalized spacial score (nSPS) is 12.5. The van der Waals surface area contributed by atoms with Crippen molar-refractivity contribution >= 4 is 5.97 Å². The second-order valence-corrected chi connectivity index (χ2v) is 4.79. The van der Waals surface area contributed by atoms with Gasteiger partial charge in [0.15, 0.2) is 0 Å². The Balaban J connectivity index is 2.59. The van der Waals surface area contributed by atoms with Gasteiger partial charge in [0.05, 0.1) is 7.11 Å². The van der Waals surface area contributed by atoms with E-state index in [0.717, 1.165) is 11.3 Å². The zero-order valence-corrected chi connectivity index (χ0v) is 11.7. The number of nitrogens with zero attached hydrogens (tertiary/aromatic N) is 1. The molecule has 0 fully saturated rings. The summed E-state index contributed by atoms with van der Waals surface area (Å²) >= 11 is 0. The topological polar surface area (TPSA) is 75.8 Å². The van der Waals surface area contributed by atoms with E-state index in [9.17, 15) is 4.79 Å². The number of nitrogens with two attached hydrogens (primary N) is 1. The van der Waals surface area contributed by atoms with E-state index in [-0.39, 0.29) is 0 Å². The van der Waals surface area contributed by atoms with Crippen molar-refractivity contribution in [1.82, 2.24) is 4.90 Å². The van der Waals surface area contributed by atoms with E-state index in [1.165, 1.54) is 5.56 Å². The molecule has 0 aliphatic rings. The van der Waals surface area contributed by atoms with Crippen LogP contribution in [0.3, 0.4) is 0 Å². The fourth-order valence-electron chi connectivity index (χ4n) is 1.88. The number of aliphatic carboxylic acids is 1. The van der Waals surface area contributed by atoms with Crippen LogP contribution in [0.4, 0.5) is 0 Å². The number of benzene rings is 1. The Labute approximate surface area is 114 Å². The Bertz CT molecular complexity index is 435. The second kappa shape index (κ2) is 7.11. The van der Waals surface area contributed by atoms with E-state index >= 15 is 0 Å². The lowest BCUT2D eigenvalue weighted by Crippen LogP contribution is -2.34. The van der Waals surface area contributed by atoms with Crippen molar-refractivity contribution in [2.45, 2.75) is 25.9 Å². The maximum absolute atomic E-state index is 10.7. The molecule has 19 heavy (non-hydrogen) atoms. The molecule has 0 saturated heterocycles. The molecule has 0 aliphatic heterocycles. The molecular formula is C14H22N2O3. The van der Waals surface area contributed by atoms with Gasteiger partial charge in [0.25, 0.3) is 0 Å². The molecular weight excluding hydrogens is 244 g/mol. The van der Waals surface area contributed by atoms with Crippen LogP contribution < -0.4 is 10.5 Å². The maximum Gasteiger partial charge on any atom is 0.320 e. The molecule has 5 heteroatoms. The fraction of sp³-hybridized carbons (Fsp3) is 0.500. The summed E-state index contributed by atoms with van der Waals surface area (Å²) in [5, 5.41) is 8.74. The molecule has 0 saturated carbocycles. The highest BCUT2D eigenvalue weighted by Crippen LogP contribution is 2.21. The average molecular weight is 266 g/mol. The molecule has 0 radical (unpaired) electrons. The molecule has 0 aliphatic carbocycles. The molecule has 1 aromatic rings. The third kappa shape index (κ3) is 4.89. The van der Waals surface area contributed by atoms with Crippen LogP contribution in [0.2, 0.25) is 0 Å². The van der Waals surface area contributed by atoms with Crippen molar-refractivity contribution < 1.29 is 14.6 Å². The molecule has 106 valence electrons. The first kappa shape index (κ1) is 15.5. The van der Waals surface area contributed by atoms with E-state index in [2.05, 4.69) is 6.07 Å². The monoisotopic (exact) mass is 266 g/mol. The number of hydrogen-bond donors (Lipinski definition) is 2. The van der Waals surface area contributed by atoms with Gasteiger partial charge >= 0.3 is 5.97 Å². The van der Waals surface area contributed by atoms with Gasteiger partial charge in [-0.05, 0) is 26.5 Å². The number of rotatable bonds is 7. The van der Waals surface area contributed by atoms with Gasteiger partial charge in [0.2, 0.25) is 0 Å². The Morgan fingerprint density at radius 3 is 2.79 bits per heavy atom. The summed E-state index contributed by atoms with van der Waals surface area (Å²) in [6.45, 7) is 3.37. The Hall–Kier alpha value is -1.59. The molecule has 3 N–H and O–H groups in total. The predicted octanol–water partition coefficient (Wildman–Crippen LogP) is 1.24. The summed E-state index contributed by atoms with van der Waals surface area (Å²) in [6, 6.07) is 5.22. The van der Waals surface area contributed by atoms with Crippen LogP contribution in [0.1, 0.15) is 17.5 Å². The highest BCUT2D eigenvalue weighted by Gasteiger charge is 2.13. The third-order valence-corrected chi connectivity index (χ3v) is 3.02. The number of carboxylic acids is 1. The smallest absolute Gasteiger partial charge is 0.320 e. The van der Waals surface area contributed by atoms with E-state index in [4.69, 9.17) is 15.6 Å². The van der Waals surface area contributed by atoms with Crippen molar-refractivity contribution in [3.63, 3.8) is 0 Å². The van der Waals surface area contributed by atoms with Crippen LogP contribution in [0.5, 0.6) is 5.75 Å². The minimum Gasteiger partial charge on any atom is -0.496 e. The third-order valence-electron chi connectivity index (χ3n) is 3.02. The zero-order chi connectivity index (χ0) is 14.4. The van der Waals surface area contributed by atoms with Gasteiger partial charge in [0.1, 0.15) is 11.8 Å². The van der Waals surface area contributed by atoms with Crippen LogP contribution in [0, 0.1) is 6.92 Å². The predicted molar refractivity (Wildman–Crippen MR) is 74.3 cm³/mol. The SMILES string of the molecule is COc1ccc(C)cc1CN(C)CCC(N)C(=O)O. The quantitative estimate of drug-likeness (QED) is 0.776. The van der Waals surface area contributed by atoms with Crippen LogP contribution in [-0.2, 0) is 11.3 Å². The van der Waals surface area contributed by atoms with Gasteiger partial charge in [-0.15, -0.1) is 0 Å².